The van der Waals surface area contributed by atoms with E-state index in [0.29, 0.717) is 11.3 Å². The maximum absolute atomic E-state index is 12.0. The van der Waals surface area contributed by atoms with Crippen molar-refractivity contribution in [2.24, 2.45) is 0 Å². The van der Waals surface area contributed by atoms with E-state index < -0.39 is 17.3 Å². The normalized spacial score (nSPS) is 10.4. The molecule has 0 radical (unpaired) electrons. The summed E-state index contributed by atoms with van der Waals surface area (Å²) in [5.41, 5.74) is -0.0517. The smallest absolute Gasteiger partial charge is 0.353 e. The van der Waals surface area contributed by atoms with Crippen LogP contribution in [0.1, 0.15) is 16.1 Å². The SMILES string of the molecule is Cc1cccc(Cl)c1-n1c(C(=O)O)cc(O)cc1=O. The Hall–Kier alpha value is -2.27. The van der Waals surface area contributed by atoms with E-state index in [4.69, 9.17) is 16.7 Å². The highest BCUT2D eigenvalue weighted by Crippen LogP contribution is 2.25. The Labute approximate surface area is 113 Å². The van der Waals surface area contributed by atoms with Gasteiger partial charge in [-0.05, 0) is 18.6 Å². The maximum Gasteiger partial charge on any atom is 0.353 e. The first-order valence-electron chi connectivity index (χ1n) is 5.36. The van der Waals surface area contributed by atoms with Gasteiger partial charge < -0.3 is 10.2 Å². The third-order valence-corrected chi connectivity index (χ3v) is 2.95. The number of para-hydroxylation sites is 1. The molecule has 2 aromatic rings. The first kappa shape index (κ1) is 13.2. The molecule has 6 heteroatoms. The monoisotopic (exact) mass is 279 g/mol. The lowest BCUT2D eigenvalue weighted by molar-refractivity contribution is 0.0686. The number of benzene rings is 1. The van der Waals surface area contributed by atoms with Gasteiger partial charge in [0.05, 0.1) is 10.7 Å². The standard InChI is InChI=1S/C13H10ClNO4/c1-7-3-2-4-9(14)12(7)15-10(13(18)19)5-8(16)6-11(15)17/h2-6,16H,1H3,(H,18,19). The fourth-order valence-corrected chi connectivity index (χ4v) is 2.16. The Morgan fingerprint density at radius 1 is 1.32 bits per heavy atom. The molecule has 1 heterocycles. The number of pyridine rings is 1. The molecule has 0 fully saturated rings. The van der Waals surface area contributed by atoms with Crippen LogP contribution in [0.25, 0.3) is 5.69 Å². The van der Waals surface area contributed by atoms with Crippen molar-refractivity contribution >= 4 is 17.6 Å². The summed E-state index contributed by atoms with van der Waals surface area (Å²) in [4.78, 5) is 23.2. The van der Waals surface area contributed by atoms with E-state index in [-0.39, 0.29) is 10.7 Å². The van der Waals surface area contributed by atoms with Crippen LogP contribution in [0.5, 0.6) is 5.75 Å². The number of aryl methyl sites for hydroxylation is 1. The van der Waals surface area contributed by atoms with E-state index in [1.807, 2.05) is 0 Å². The van der Waals surface area contributed by atoms with Crippen LogP contribution in [0.3, 0.4) is 0 Å². The van der Waals surface area contributed by atoms with Gasteiger partial charge in [-0.25, -0.2) is 4.79 Å². The fraction of sp³-hybridized carbons (Fsp3) is 0.0769. The number of aromatic hydroxyl groups is 1. The molecular weight excluding hydrogens is 270 g/mol. The molecule has 1 aromatic heterocycles. The Balaban J connectivity index is 2.90. The summed E-state index contributed by atoms with van der Waals surface area (Å²) in [5.74, 6) is -1.73. The number of carboxylic acids is 1. The van der Waals surface area contributed by atoms with Crippen molar-refractivity contribution in [3.05, 3.63) is 57.0 Å². The number of aromatic carboxylic acids is 1. The molecule has 0 unspecified atom stereocenters. The van der Waals surface area contributed by atoms with Gasteiger partial charge in [-0.3, -0.25) is 9.36 Å². The summed E-state index contributed by atoms with van der Waals surface area (Å²) in [5, 5.41) is 18.7. The van der Waals surface area contributed by atoms with Gasteiger partial charge in [0.25, 0.3) is 5.56 Å². The molecule has 0 spiro atoms. The maximum atomic E-state index is 12.0. The van der Waals surface area contributed by atoms with Crippen LogP contribution in [0.4, 0.5) is 0 Å². The van der Waals surface area contributed by atoms with Gasteiger partial charge >= 0.3 is 5.97 Å². The molecule has 2 N–H and O–H groups in total. The summed E-state index contributed by atoms with van der Waals surface area (Å²) in [7, 11) is 0. The van der Waals surface area contributed by atoms with Gasteiger partial charge in [0.15, 0.2) is 0 Å². The van der Waals surface area contributed by atoms with E-state index >= 15 is 0 Å². The van der Waals surface area contributed by atoms with Gasteiger partial charge in [0.2, 0.25) is 0 Å². The van der Waals surface area contributed by atoms with Gasteiger partial charge in [0.1, 0.15) is 11.4 Å². The van der Waals surface area contributed by atoms with Crippen LogP contribution >= 0.6 is 11.6 Å². The summed E-state index contributed by atoms with van der Waals surface area (Å²) in [6, 6.07) is 6.93. The Bertz CT molecular complexity index is 701. The topological polar surface area (TPSA) is 79.5 Å². The number of carbonyl (C=O) groups is 1. The highest BCUT2D eigenvalue weighted by Gasteiger charge is 2.17. The fourth-order valence-electron chi connectivity index (χ4n) is 1.85. The second-order valence-corrected chi connectivity index (χ2v) is 4.39. The van der Waals surface area contributed by atoms with Crippen molar-refractivity contribution in [3.8, 4) is 11.4 Å². The summed E-state index contributed by atoms with van der Waals surface area (Å²) in [6.07, 6.45) is 0. The molecule has 0 atom stereocenters. The lowest BCUT2D eigenvalue weighted by Crippen LogP contribution is -2.24. The molecule has 0 saturated carbocycles. The quantitative estimate of drug-likeness (QED) is 0.883. The van der Waals surface area contributed by atoms with Gasteiger partial charge in [0, 0.05) is 12.1 Å². The number of aromatic nitrogens is 1. The largest absolute Gasteiger partial charge is 0.508 e. The minimum Gasteiger partial charge on any atom is -0.508 e. The highest BCUT2D eigenvalue weighted by molar-refractivity contribution is 6.32. The van der Waals surface area contributed by atoms with E-state index in [1.165, 1.54) is 0 Å². The Morgan fingerprint density at radius 2 is 2.00 bits per heavy atom. The Morgan fingerprint density at radius 3 is 2.58 bits per heavy atom. The first-order valence-corrected chi connectivity index (χ1v) is 5.74. The predicted molar refractivity (Wildman–Crippen MR) is 70.4 cm³/mol. The zero-order valence-corrected chi connectivity index (χ0v) is 10.7. The third kappa shape index (κ3) is 2.32. The number of nitrogens with zero attached hydrogens (tertiary/aromatic N) is 1. The van der Waals surface area contributed by atoms with Crippen molar-refractivity contribution in [2.45, 2.75) is 6.92 Å². The average Bonchev–Trinajstić information content (AvgIpc) is 2.30. The summed E-state index contributed by atoms with van der Waals surface area (Å²) in [6.45, 7) is 1.71. The molecular formula is C13H10ClNO4. The molecule has 0 aliphatic rings. The average molecular weight is 280 g/mol. The van der Waals surface area contributed by atoms with Gasteiger partial charge in [-0.15, -0.1) is 0 Å². The number of rotatable bonds is 2. The number of carboxylic acid groups (broad SMARTS) is 1. The highest BCUT2D eigenvalue weighted by atomic mass is 35.5. The second kappa shape index (κ2) is 4.78. The zero-order valence-electron chi connectivity index (χ0n) is 9.92. The van der Waals surface area contributed by atoms with Crippen molar-refractivity contribution in [2.75, 3.05) is 0 Å². The van der Waals surface area contributed by atoms with E-state index in [1.54, 1.807) is 25.1 Å². The van der Waals surface area contributed by atoms with Crippen molar-refractivity contribution in [3.63, 3.8) is 0 Å². The lowest BCUT2D eigenvalue weighted by atomic mass is 10.2. The molecule has 98 valence electrons. The molecule has 1 aromatic carbocycles. The van der Waals surface area contributed by atoms with Gasteiger partial charge in [-0.2, -0.15) is 0 Å². The van der Waals surface area contributed by atoms with Crippen molar-refractivity contribution in [1.82, 2.24) is 4.57 Å². The van der Waals surface area contributed by atoms with E-state index in [0.717, 1.165) is 16.7 Å². The molecule has 2 rings (SSSR count). The van der Waals surface area contributed by atoms with Crippen molar-refractivity contribution in [1.29, 1.82) is 0 Å². The number of hydrogen-bond acceptors (Lipinski definition) is 3. The van der Waals surface area contributed by atoms with Gasteiger partial charge in [-0.1, -0.05) is 23.7 Å². The summed E-state index contributed by atoms with van der Waals surface area (Å²) < 4.78 is 0.972. The molecule has 19 heavy (non-hydrogen) atoms. The zero-order chi connectivity index (χ0) is 14.2. The molecule has 0 aliphatic heterocycles. The predicted octanol–water partition coefficient (Wildman–Crippen LogP) is 2.20. The number of hydrogen-bond donors (Lipinski definition) is 2. The van der Waals surface area contributed by atoms with Crippen LogP contribution in [0, 0.1) is 6.92 Å². The van der Waals surface area contributed by atoms with Crippen LogP contribution in [0.2, 0.25) is 5.02 Å². The van der Waals surface area contributed by atoms with Crippen LogP contribution < -0.4 is 5.56 Å². The minimum atomic E-state index is -1.33. The van der Waals surface area contributed by atoms with Crippen LogP contribution in [0.15, 0.2) is 35.1 Å². The molecule has 0 amide bonds. The lowest BCUT2D eigenvalue weighted by Gasteiger charge is -2.14. The third-order valence-electron chi connectivity index (χ3n) is 2.65. The molecule has 0 bridgehead atoms. The van der Waals surface area contributed by atoms with Crippen LogP contribution in [-0.2, 0) is 0 Å². The van der Waals surface area contributed by atoms with E-state index in [9.17, 15) is 14.7 Å². The van der Waals surface area contributed by atoms with Crippen molar-refractivity contribution < 1.29 is 15.0 Å². The number of halogens is 1. The molecule has 0 aliphatic carbocycles. The molecule has 0 saturated heterocycles. The van der Waals surface area contributed by atoms with E-state index in [2.05, 4.69) is 0 Å². The van der Waals surface area contributed by atoms with Crippen LogP contribution in [-0.4, -0.2) is 20.7 Å². The second-order valence-electron chi connectivity index (χ2n) is 3.98. The minimum absolute atomic E-state index is 0.260. The first-order chi connectivity index (χ1) is 8.91. The Kier molecular flexibility index (Phi) is 3.31. The molecule has 5 nitrogen and oxygen atoms in total. The summed E-state index contributed by atoms with van der Waals surface area (Å²) >= 11 is 6.04.